The Bertz CT molecular complexity index is 550. The number of hydrogen-bond donors (Lipinski definition) is 0. The van der Waals surface area contributed by atoms with Gasteiger partial charge in [0.15, 0.2) is 0 Å². The second-order valence-corrected chi connectivity index (χ2v) is 7.74. The molecule has 0 bridgehead atoms. The Morgan fingerprint density at radius 1 is 1.21 bits per heavy atom. The fourth-order valence-corrected chi connectivity index (χ4v) is 3.90. The Hall–Kier alpha value is -1.39. The quantitative estimate of drug-likeness (QED) is 0.851. The maximum atomic E-state index is 12.3. The summed E-state index contributed by atoms with van der Waals surface area (Å²) in [5.74, 6) is 0.371. The molecule has 0 aliphatic carbocycles. The van der Waals surface area contributed by atoms with E-state index < -0.39 is 0 Å². The molecule has 2 fully saturated rings. The summed E-state index contributed by atoms with van der Waals surface area (Å²) in [5, 5.41) is 0. The molecular formula is C20H30N2O2. The molecule has 1 spiro atoms. The van der Waals surface area contributed by atoms with Gasteiger partial charge < -0.3 is 14.5 Å². The van der Waals surface area contributed by atoms with Crippen LogP contribution in [0.2, 0.25) is 0 Å². The van der Waals surface area contributed by atoms with E-state index >= 15 is 0 Å². The van der Waals surface area contributed by atoms with Crippen molar-refractivity contribution in [3.8, 4) is 0 Å². The third-order valence-corrected chi connectivity index (χ3v) is 5.45. The predicted octanol–water partition coefficient (Wildman–Crippen LogP) is 2.58. The van der Waals surface area contributed by atoms with Crippen LogP contribution in [0.3, 0.4) is 0 Å². The molecule has 0 radical (unpaired) electrons. The van der Waals surface area contributed by atoms with E-state index in [9.17, 15) is 4.79 Å². The highest BCUT2D eigenvalue weighted by Crippen LogP contribution is 2.34. The molecule has 0 aromatic heterocycles. The van der Waals surface area contributed by atoms with Gasteiger partial charge in [-0.1, -0.05) is 44.2 Å². The van der Waals surface area contributed by atoms with Gasteiger partial charge in [0.1, 0.15) is 6.10 Å². The van der Waals surface area contributed by atoms with Crippen molar-refractivity contribution in [2.45, 2.75) is 44.8 Å². The third-order valence-electron chi connectivity index (χ3n) is 5.45. The number of likely N-dealkylation sites (tertiary alicyclic amines) is 1. The normalized spacial score (nSPS) is 24.8. The predicted molar refractivity (Wildman–Crippen MR) is 95.9 cm³/mol. The van der Waals surface area contributed by atoms with E-state index in [1.54, 1.807) is 0 Å². The number of morpholine rings is 1. The molecule has 1 aromatic rings. The summed E-state index contributed by atoms with van der Waals surface area (Å²) >= 11 is 0. The van der Waals surface area contributed by atoms with Crippen LogP contribution in [-0.4, -0.2) is 60.6 Å². The van der Waals surface area contributed by atoms with Crippen molar-refractivity contribution in [1.29, 1.82) is 0 Å². The van der Waals surface area contributed by atoms with Crippen LogP contribution in [0.5, 0.6) is 0 Å². The number of ether oxygens (including phenoxy) is 1. The molecule has 1 aromatic carbocycles. The van der Waals surface area contributed by atoms with Crippen LogP contribution >= 0.6 is 0 Å². The van der Waals surface area contributed by atoms with Crippen LogP contribution in [0.15, 0.2) is 30.3 Å². The molecule has 0 unspecified atom stereocenters. The van der Waals surface area contributed by atoms with Gasteiger partial charge in [-0.15, -0.1) is 0 Å². The lowest BCUT2D eigenvalue weighted by Crippen LogP contribution is -2.62. The first-order valence-corrected chi connectivity index (χ1v) is 9.18. The topological polar surface area (TPSA) is 32.8 Å². The summed E-state index contributed by atoms with van der Waals surface area (Å²) in [6.07, 6.45) is 2.85. The molecule has 132 valence electrons. The zero-order valence-electron chi connectivity index (χ0n) is 15.2. The summed E-state index contributed by atoms with van der Waals surface area (Å²) in [6, 6.07) is 10.7. The lowest BCUT2D eigenvalue weighted by molar-refractivity contribution is -0.197. The molecular weight excluding hydrogens is 300 g/mol. The third kappa shape index (κ3) is 3.81. The van der Waals surface area contributed by atoms with Crippen molar-refractivity contribution >= 4 is 5.91 Å². The summed E-state index contributed by atoms with van der Waals surface area (Å²) in [7, 11) is 1.92. The van der Waals surface area contributed by atoms with E-state index in [1.807, 2.05) is 11.9 Å². The van der Waals surface area contributed by atoms with Gasteiger partial charge in [-0.2, -0.15) is 0 Å². The van der Waals surface area contributed by atoms with Crippen LogP contribution in [0.25, 0.3) is 0 Å². The Morgan fingerprint density at radius 3 is 2.50 bits per heavy atom. The summed E-state index contributed by atoms with van der Waals surface area (Å²) < 4.78 is 6.35. The summed E-state index contributed by atoms with van der Waals surface area (Å²) in [4.78, 5) is 16.7. The fourth-order valence-electron chi connectivity index (χ4n) is 3.90. The average Bonchev–Trinajstić information content (AvgIpc) is 2.58. The van der Waals surface area contributed by atoms with Crippen LogP contribution in [-0.2, 0) is 16.0 Å². The molecule has 2 saturated heterocycles. The Labute approximate surface area is 145 Å². The second-order valence-electron chi connectivity index (χ2n) is 7.74. The van der Waals surface area contributed by atoms with E-state index in [4.69, 9.17) is 4.74 Å². The van der Waals surface area contributed by atoms with Gasteiger partial charge in [0.25, 0.3) is 5.91 Å². The molecule has 2 aliphatic heterocycles. The van der Waals surface area contributed by atoms with E-state index in [-0.39, 0.29) is 23.5 Å². The second kappa shape index (κ2) is 7.24. The van der Waals surface area contributed by atoms with E-state index in [2.05, 4.69) is 49.1 Å². The van der Waals surface area contributed by atoms with Crippen LogP contribution in [0.4, 0.5) is 0 Å². The number of rotatable bonds is 4. The maximum absolute atomic E-state index is 12.3. The number of hydrogen-bond acceptors (Lipinski definition) is 3. The highest BCUT2D eigenvalue weighted by Gasteiger charge is 2.46. The maximum Gasteiger partial charge on any atom is 0.251 e. The van der Waals surface area contributed by atoms with Crippen molar-refractivity contribution in [2.24, 2.45) is 5.92 Å². The molecule has 24 heavy (non-hydrogen) atoms. The SMILES string of the molecule is CC(C)[C@H]1OC2(CCN(CCc3ccccc3)CC2)CN(C)C1=O. The standard InChI is InChI=1S/C20H30N2O2/c1-16(2)18-19(23)21(3)15-20(24-18)10-13-22(14-11-20)12-9-17-7-5-4-6-8-17/h4-8,16,18H,9-15H2,1-3H3/t18-/m1/s1. The molecule has 0 N–H and O–H groups in total. The molecule has 2 heterocycles. The highest BCUT2D eigenvalue weighted by atomic mass is 16.5. The summed E-state index contributed by atoms with van der Waals surface area (Å²) in [5.41, 5.74) is 1.26. The number of carbonyl (C=O) groups is 1. The van der Waals surface area contributed by atoms with Gasteiger partial charge in [0.05, 0.1) is 5.60 Å². The minimum absolute atomic E-state index is 0.138. The molecule has 1 atom stereocenters. The Morgan fingerprint density at radius 2 is 1.88 bits per heavy atom. The van der Waals surface area contributed by atoms with Gasteiger partial charge in [0.2, 0.25) is 0 Å². The zero-order chi connectivity index (χ0) is 17.2. The van der Waals surface area contributed by atoms with Gasteiger partial charge in [-0.25, -0.2) is 0 Å². The van der Waals surface area contributed by atoms with Crippen molar-refractivity contribution < 1.29 is 9.53 Å². The van der Waals surface area contributed by atoms with Gasteiger partial charge in [-0.05, 0) is 30.7 Å². The number of carbonyl (C=O) groups excluding carboxylic acids is 1. The van der Waals surface area contributed by atoms with Crippen LogP contribution in [0.1, 0.15) is 32.3 Å². The van der Waals surface area contributed by atoms with Crippen LogP contribution < -0.4 is 0 Å². The van der Waals surface area contributed by atoms with Crippen LogP contribution in [0, 0.1) is 5.92 Å². The number of piperidine rings is 1. The minimum atomic E-state index is -0.278. The fraction of sp³-hybridized carbons (Fsp3) is 0.650. The molecule has 4 heteroatoms. The largest absolute Gasteiger partial charge is 0.360 e. The molecule has 1 amide bonds. The number of benzene rings is 1. The lowest BCUT2D eigenvalue weighted by Gasteiger charge is -2.49. The first kappa shape index (κ1) is 17.4. The Kier molecular flexibility index (Phi) is 5.26. The monoisotopic (exact) mass is 330 g/mol. The lowest BCUT2D eigenvalue weighted by atomic mass is 9.87. The highest BCUT2D eigenvalue weighted by molar-refractivity contribution is 5.81. The number of nitrogens with zero attached hydrogens (tertiary/aromatic N) is 2. The smallest absolute Gasteiger partial charge is 0.251 e. The Balaban J connectivity index is 1.55. The molecule has 2 aliphatic rings. The van der Waals surface area contributed by atoms with Gasteiger partial charge in [0, 0.05) is 33.2 Å². The van der Waals surface area contributed by atoms with E-state index in [0.717, 1.165) is 45.4 Å². The zero-order valence-corrected chi connectivity index (χ0v) is 15.2. The van der Waals surface area contributed by atoms with E-state index in [0.29, 0.717) is 0 Å². The van der Waals surface area contributed by atoms with Gasteiger partial charge in [-0.3, -0.25) is 4.79 Å². The minimum Gasteiger partial charge on any atom is -0.360 e. The van der Waals surface area contributed by atoms with Gasteiger partial charge >= 0.3 is 0 Å². The number of amides is 1. The van der Waals surface area contributed by atoms with Crippen molar-refractivity contribution in [3.63, 3.8) is 0 Å². The van der Waals surface area contributed by atoms with Crippen molar-refractivity contribution in [3.05, 3.63) is 35.9 Å². The number of likely N-dealkylation sites (N-methyl/N-ethyl adjacent to an activating group) is 1. The van der Waals surface area contributed by atoms with Crippen molar-refractivity contribution in [2.75, 3.05) is 33.2 Å². The van der Waals surface area contributed by atoms with Crippen molar-refractivity contribution in [1.82, 2.24) is 9.80 Å². The first-order valence-electron chi connectivity index (χ1n) is 9.18. The summed E-state index contributed by atoms with van der Waals surface area (Å²) in [6.45, 7) is 8.10. The molecule has 0 saturated carbocycles. The molecule has 4 nitrogen and oxygen atoms in total. The first-order chi connectivity index (χ1) is 11.5. The van der Waals surface area contributed by atoms with E-state index in [1.165, 1.54) is 5.56 Å². The average molecular weight is 330 g/mol. The molecule has 3 rings (SSSR count).